The lowest BCUT2D eigenvalue weighted by molar-refractivity contribution is -0.138. The number of piperidine rings is 1. The monoisotopic (exact) mass is 661 g/mol. The summed E-state index contributed by atoms with van der Waals surface area (Å²) in [6, 6.07) is 4.98. The summed E-state index contributed by atoms with van der Waals surface area (Å²) < 4.78 is 56.5. The predicted octanol–water partition coefficient (Wildman–Crippen LogP) is 4.01. The third-order valence-corrected chi connectivity index (χ3v) is 9.41. The molecule has 1 fully saturated rings. The Hall–Kier alpha value is -2.71. The molecule has 2 atom stereocenters. The molecular weight excluding hydrogens is 630 g/mol. The Labute approximate surface area is 258 Å². The largest absolute Gasteiger partial charge is 0.416 e. The second-order valence-electron chi connectivity index (χ2n) is 10.4. The zero-order valence-corrected chi connectivity index (χ0v) is 25.7. The fraction of sp³-hybridized carbons (Fsp3) is 0.464. The molecule has 43 heavy (non-hydrogen) atoms. The summed E-state index contributed by atoms with van der Waals surface area (Å²) >= 11 is 12.6. The van der Waals surface area contributed by atoms with Gasteiger partial charge in [-0.1, -0.05) is 30.1 Å². The van der Waals surface area contributed by atoms with Crippen LogP contribution >= 0.6 is 23.2 Å². The zero-order valence-electron chi connectivity index (χ0n) is 23.4. The summed E-state index contributed by atoms with van der Waals surface area (Å²) in [5.41, 5.74) is 2.34. The number of alkyl halides is 3. The van der Waals surface area contributed by atoms with Crippen molar-refractivity contribution in [1.29, 1.82) is 0 Å². The molecule has 0 bridgehead atoms. The number of H-pyrrole nitrogens is 1. The minimum absolute atomic E-state index is 0.170. The number of aromatic amines is 1. The number of aromatic nitrogens is 2. The predicted molar refractivity (Wildman–Crippen MR) is 161 cm³/mol. The summed E-state index contributed by atoms with van der Waals surface area (Å²) in [5.74, 6) is 0.0975. The molecule has 1 aliphatic rings. The van der Waals surface area contributed by atoms with Crippen molar-refractivity contribution in [3.05, 3.63) is 71.8 Å². The second-order valence-corrected chi connectivity index (χ2v) is 12.9. The number of hydrogen-bond donors (Lipinski definition) is 3. The number of nitrogens with two attached hydrogens (primary N) is 1. The minimum Gasteiger partial charge on any atom is -0.352 e. The first-order chi connectivity index (χ1) is 20.3. The number of nitrogens with one attached hydrogen (secondary N) is 2. The third kappa shape index (κ3) is 7.69. The van der Waals surface area contributed by atoms with Gasteiger partial charge in [0.25, 0.3) is 5.56 Å². The van der Waals surface area contributed by atoms with E-state index in [0.717, 1.165) is 4.57 Å². The highest BCUT2D eigenvalue weighted by molar-refractivity contribution is 7.85. The number of hydrogen-bond acceptors (Lipinski definition) is 6. The number of carbonyl (C=O) groups is 1. The van der Waals surface area contributed by atoms with E-state index >= 15 is 0 Å². The molecule has 1 aliphatic heterocycles. The van der Waals surface area contributed by atoms with E-state index in [1.807, 2.05) is 0 Å². The van der Waals surface area contributed by atoms with Crippen molar-refractivity contribution >= 4 is 50.8 Å². The number of nitrogens with zero attached hydrogens (tertiary/aromatic N) is 2. The van der Waals surface area contributed by atoms with Crippen molar-refractivity contribution in [2.75, 3.05) is 25.4 Å². The molecule has 1 aromatic heterocycles. The van der Waals surface area contributed by atoms with Crippen LogP contribution in [0.4, 0.5) is 13.2 Å². The first kappa shape index (κ1) is 33.2. The van der Waals surface area contributed by atoms with Gasteiger partial charge in [-0.25, -0.2) is 4.79 Å². The van der Waals surface area contributed by atoms with Crippen molar-refractivity contribution in [2.45, 2.75) is 62.8 Å². The average molecular weight is 663 g/mol. The van der Waals surface area contributed by atoms with Crippen molar-refractivity contribution in [3.63, 3.8) is 0 Å². The number of fused-ring (bicyclic) bond motifs is 1. The van der Waals surface area contributed by atoms with Gasteiger partial charge in [0.05, 0.1) is 38.8 Å². The van der Waals surface area contributed by atoms with Crippen LogP contribution in [-0.4, -0.2) is 56.0 Å². The van der Waals surface area contributed by atoms with Gasteiger partial charge in [0.15, 0.2) is 0 Å². The standard InChI is InChI=1S/C28H32Cl2F3N5O4S/c1-2-43(42)22-8-7-17(29)11-16(22)13-38-26(40)19-12-21(28(31,32)33)20(24(30)25(19)36-27(38)41)15-37-10-4-5-18(14-37)35-23(39)6-3-9-34/h7-8,11-12,18H,2-6,9-10,13-15,34H2,1H3,(H,35,39)(H,36,41)/t18-,43?/m1/s1. The van der Waals surface area contributed by atoms with Crippen molar-refractivity contribution in [2.24, 2.45) is 5.73 Å². The molecule has 234 valence electrons. The fourth-order valence-corrected chi connectivity index (χ4v) is 6.72. The number of carbonyl (C=O) groups excluding carboxylic acids is 1. The van der Waals surface area contributed by atoms with Gasteiger partial charge in [-0.05, 0) is 67.7 Å². The van der Waals surface area contributed by atoms with E-state index in [0.29, 0.717) is 55.4 Å². The number of halogens is 5. The van der Waals surface area contributed by atoms with E-state index in [1.165, 1.54) is 18.2 Å². The molecule has 1 amide bonds. The van der Waals surface area contributed by atoms with Crippen LogP contribution in [0, 0.1) is 0 Å². The maximum absolute atomic E-state index is 14.4. The van der Waals surface area contributed by atoms with Crippen molar-refractivity contribution in [3.8, 4) is 0 Å². The summed E-state index contributed by atoms with van der Waals surface area (Å²) in [6.07, 6.45) is -2.74. The molecule has 0 saturated carbocycles. The summed E-state index contributed by atoms with van der Waals surface area (Å²) in [5, 5.41) is 2.39. The molecule has 1 saturated heterocycles. The molecule has 4 N–H and O–H groups in total. The molecule has 15 heteroatoms. The van der Waals surface area contributed by atoms with Crippen LogP contribution in [0.3, 0.4) is 0 Å². The molecule has 2 aromatic carbocycles. The van der Waals surface area contributed by atoms with Crippen LogP contribution in [0.15, 0.2) is 38.8 Å². The molecule has 3 aromatic rings. The van der Waals surface area contributed by atoms with Gasteiger partial charge in [-0.2, -0.15) is 13.2 Å². The Kier molecular flexibility index (Phi) is 10.8. The average Bonchev–Trinajstić information content (AvgIpc) is 2.95. The molecule has 2 heterocycles. The Bertz CT molecular complexity index is 1660. The van der Waals surface area contributed by atoms with E-state index in [1.54, 1.807) is 11.8 Å². The van der Waals surface area contributed by atoms with Crippen LogP contribution in [0.2, 0.25) is 10.0 Å². The van der Waals surface area contributed by atoms with E-state index in [9.17, 15) is 31.8 Å². The lowest BCUT2D eigenvalue weighted by Gasteiger charge is -2.34. The lowest BCUT2D eigenvalue weighted by atomic mass is 10.00. The number of benzene rings is 2. The van der Waals surface area contributed by atoms with E-state index in [2.05, 4.69) is 10.3 Å². The smallest absolute Gasteiger partial charge is 0.352 e. The van der Waals surface area contributed by atoms with Crippen LogP contribution < -0.4 is 22.3 Å². The van der Waals surface area contributed by atoms with Crippen LogP contribution in [0.5, 0.6) is 0 Å². The first-order valence-corrected chi connectivity index (χ1v) is 15.9. The summed E-state index contributed by atoms with van der Waals surface area (Å²) in [6.45, 7) is 2.28. The van der Waals surface area contributed by atoms with Gasteiger partial charge in [0.2, 0.25) is 5.91 Å². The highest BCUT2D eigenvalue weighted by Gasteiger charge is 2.37. The lowest BCUT2D eigenvalue weighted by Crippen LogP contribution is -2.47. The molecule has 4 rings (SSSR count). The fourth-order valence-electron chi connectivity index (χ4n) is 5.27. The first-order valence-electron chi connectivity index (χ1n) is 13.8. The van der Waals surface area contributed by atoms with Gasteiger partial charge >= 0.3 is 11.9 Å². The zero-order chi connectivity index (χ0) is 31.5. The summed E-state index contributed by atoms with van der Waals surface area (Å²) in [4.78, 5) is 43.4. The van der Waals surface area contributed by atoms with E-state index in [4.69, 9.17) is 28.9 Å². The van der Waals surface area contributed by atoms with Gasteiger partial charge < -0.3 is 16.0 Å². The number of amides is 1. The molecule has 0 spiro atoms. The molecule has 9 nitrogen and oxygen atoms in total. The maximum Gasteiger partial charge on any atom is 0.416 e. The third-order valence-electron chi connectivity index (χ3n) is 7.34. The normalized spacial score (nSPS) is 16.9. The van der Waals surface area contributed by atoms with E-state index < -0.39 is 39.2 Å². The minimum atomic E-state index is -4.86. The topological polar surface area (TPSA) is 130 Å². The Morgan fingerprint density at radius 1 is 1.21 bits per heavy atom. The number of rotatable bonds is 10. The second kappa shape index (κ2) is 13.9. The Morgan fingerprint density at radius 2 is 1.95 bits per heavy atom. The number of likely N-dealkylation sites (tertiary alicyclic amines) is 1. The highest BCUT2D eigenvalue weighted by Crippen LogP contribution is 2.39. The van der Waals surface area contributed by atoms with Crippen LogP contribution in [0.1, 0.15) is 49.3 Å². The SMILES string of the molecule is CCS(=O)c1ccc(Cl)cc1Cn1c(=O)[nH]c2c(Cl)c(CN3CCC[C@@H](NC(=O)CCCN)C3)c(C(F)(F)F)cc2c1=O. The quantitative estimate of drug-likeness (QED) is 0.301. The van der Waals surface area contributed by atoms with E-state index in [-0.39, 0.29) is 58.3 Å². The van der Waals surface area contributed by atoms with Crippen LogP contribution in [-0.2, 0) is 34.9 Å². The van der Waals surface area contributed by atoms with Crippen molar-refractivity contribution < 1.29 is 22.2 Å². The van der Waals surface area contributed by atoms with Gasteiger partial charge in [-0.3, -0.25) is 23.3 Å². The van der Waals surface area contributed by atoms with Crippen LogP contribution in [0.25, 0.3) is 10.9 Å². The molecule has 0 radical (unpaired) electrons. The summed E-state index contributed by atoms with van der Waals surface area (Å²) in [7, 11) is -1.45. The molecular formula is C28H32Cl2F3N5O4S. The Balaban J connectivity index is 1.73. The molecule has 0 aliphatic carbocycles. The van der Waals surface area contributed by atoms with Gasteiger partial charge in [0, 0.05) is 41.2 Å². The van der Waals surface area contributed by atoms with Gasteiger partial charge in [0.1, 0.15) is 0 Å². The van der Waals surface area contributed by atoms with Gasteiger partial charge in [-0.15, -0.1) is 0 Å². The highest BCUT2D eigenvalue weighted by atomic mass is 35.5. The maximum atomic E-state index is 14.4. The van der Waals surface area contributed by atoms with Crippen molar-refractivity contribution in [1.82, 2.24) is 19.8 Å². The molecule has 1 unspecified atom stereocenters. The Morgan fingerprint density at radius 3 is 2.63 bits per heavy atom.